The number of hydrogen-bond acceptors (Lipinski definition) is 3. The topological polar surface area (TPSA) is 53.1 Å². The van der Waals surface area contributed by atoms with E-state index >= 15 is 0 Å². The Kier molecular flexibility index (Phi) is 3.47. The Morgan fingerprint density at radius 3 is 2.71 bits per heavy atom. The van der Waals surface area contributed by atoms with E-state index in [1.54, 1.807) is 7.11 Å². The molecule has 2 aromatic carbocycles. The molecule has 0 saturated heterocycles. The van der Waals surface area contributed by atoms with Gasteiger partial charge in [0.1, 0.15) is 11.6 Å². The number of benzene rings is 2. The zero-order chi connectivity index (χ0) is 15.0. The Bertz CT molecular complexity index is 811. The minimum absolute atomic E-state index is 0.600. The van der Waals surface area contributed by atoms with Crippen molar-refractivity contribution in [1.29, 1.82) is 0 Å². The number of hydrogen-bond donors (Lipinski definition) is 1. The van der Waals surface area contributed by atoms with Crippen molar-refractivity contribution in [2.75, 3.05) is 12.8 Å². The van der Waals surface area contributed by atoms with Crippen molar-refractivity contribution in [2.45, 2.75) is 13.5 Å². The second-order valence-electron chi connectivity index (χ2n) is 4.77. The first-order valence-electron chi connectivity index (χ1n) is 6.73. The fourth-order valence-electron chi connectivity index (χ4n) is 2.52. The van der Waals surface area contributed by atoms with Crippen molar-refractivity contribution in [3.63, 3.8) is 0 Å². The number of nitrogens with zero attached hydrogens (tertiary/aromatic N) is 2. The van der Waals surface area contributed by atoms with Crippen LogP contribution in [0.2, 0.25) is 5.02 Å². The van der Waals surface area contributed by atoms with Crippen molar-refractivity contribution in [1.82, 2.24) is 9.55 Å². The summed E-state index contributed by atoms with van der Waals surface area (Å²) in [6.45, 7) is 2.91. The Hall–Kier alpha value is -2.20. The number of nitrogens with two attached hydrogens (primary N) is 1. The Labute approximate surface area is 128 Å². The van der Waals surface area contributed by atoms with Gasteiger partial charge in [-0.05, 0) is 43.3 Å². The molecule has 3 rings (SSSR count). The van der Waals surface area contributed by atoms with Crippen LogP contribution in [0.5, 0.6) is 5.75 Å². The van der Waals surface area contributed by atoms with E-state index in [9.17, 15) is 0 Å². The SMILES string of the molecule is CCn1c(-c2ccc(OC)c(N)c2)nc2cc(Cl)ccc21. The van der Waals surface area contributed by atoms with Gasteiger partial charge in [0.25, 0.3) is 0 Å². The average molecular weight is 302 g/mol. The molecule has 0 saturated carbocycles. The highest BCUT2D eigenvalue weighted by Crippen LogP contribution is 2.31. The smallest absolute Gasteiger partial charge is 0.141 e. The lowest BCUT2D eigenvalue weighted by Gasteiger charge is -2.09. The molecule has 1 heterocycles. The van der Waals surface area contributed by atoms with Crippen LogP contribution in [0.25, 0.3) is 22.4 Å². The summed E-state index contributed by atoms with van der Waals surface area (Å²) in [5.41, 5.74) is 9.50. The molecule has 0 aliphatic rings. The van der Waals surface area contributed by atoms with E-state index in [0.29, 0.717) is 16.5 Å². The second kappa shape index (κ2) is 5.30. The average Bonchev–Trinajstić information content (AvgIpc) is 2.84. The van der Waals surface area contributed by atoms with Crippen molar-refractivity contribution >= 4 is 28.3 Å². The van der Waals surface area contributed by atoms with Crippen LogP contribution in [0.4, 0.5) is 5.69 Å². The lowest BCUT2D eigenvalue weighted by Crippen LogP contribution is -1.99. The van der Waals surface area contributed by atoms with Crippen molar-refractivity contribution in [3.05, 3.63) is 41.4 Å². The van der Waals surface area contributed by atoms with Crippen LogP contribution in [-0.4, -0.2) is 16.7 Å². The van der Waals surface area contributed by atoms with Gasteiger partial charge in [-0.3, -0.25) is 0 Å². The zero-order valence-corrected chi connectivity index (χ0v) is 12.7. The highest BCUT2D eigenvalue weighted by Gasteiger charge is 2.13. The van der Waals surface area contributed by atoms with E-state index in [-0.39, 0.29) is 0 Å². The molecule has 4 nitrogen and oxygen atoms in total. The van der Waals surface area contributed by atoms with Crippen molar-refractivity contribution in [2.24, 2.45) is 0 Å². The van der Waals surface area contributed by atoms with Crippen molar-refractivity contribution < 1.29 is 4.74 Å². The van der Waals surface area contributed by atoms with Crippen LogP contribution in [0.15, 0.2) is 36.4 Å². The van der Waals surface area contributed by atoms with Crippen LogP contribution in [0.3, 0.4) is 0 Å². The zero-order valence-electron chi connectivity index (χ0n) is 11.9. The minimum atomic E-state index is 0.600. The first kappa shape index (κ1) is 13.8. The molecule has 0 aliphatic heterocycles. The van der Waals surface area contributed by atoms with Gasteiger partial charge in [0, 0.05) is 17.1 Å². The van der Waals surface area contributed by atoms with Gasteiger partial charge in [-0.25, -0.2) is 4.98 Å². The molecule has 2 N–H and O–H groups in total. The summed E-state index contributed by atoms with van der Waals surface area (Å²) < 4.78 is 7.34. The van der Waals surface area contributed by atoms with Crippen LogP contribution in [0, 0.1) is 0 Å². The maximum atomic E-state index is 6.05. The molecule has 0 aliphatic carbocycles. The Morgan fingerprint density at radius 1 is 1.24 bits per heavy atom. The first-order valence-corrected chi connectivity index (χ1v) is 7.11. The number of anilines is 1. The van der Waals surface area contributed by atoms with Gasteiger partial charge in [0.2, 0.25) is 0 Å². The summed E-state index contributed by atoms with van der Waals surface area (Å²) in [5.74, 6) is 1.55. The monoisotopic (exact) mass is 301 g/mol. The number of methoxy groups -OCH3 is 1. The molecule has 108 valence electrons. The summed E-state index contributed by atoms with van der Waals surface area (Å²) >= 11 is 6.05. The quantitative estimate of drug-likeness (QED) is 0.745. The fourth-order valence-corrected chi connectivity index (χ4v) is 2.68. The normalized spacial score (nSPS) is 11.0. The lowest BCUT2D eigenvalue weighted by molar-refractivity contribution is 0.417. The number of imidazole rings is 1. The molecule has 0 radical (unpaired) electrons. The first-order chi connectivity index (χ1) is 10.1. The standard InChI is InChI=1S/C16H16ClN3O/c1-3-20-14-6-5-11(17)9-13(14)19-16(20)10-4-7-15(21-2)12(18)8-10/h4-9H,3,18H2,1-2H3. The van der Waals surface area contributed by atoms with Crippen molar-refractivity contribution in [3.8, 4) is 17.1 Å². The van der Waals surface area contributed by atoms with Gasteiger partial charge in [0.15, 0.2) is 0 Å². The number of aryl methyl sites for hydroxylation is 1. The summed E-state index contributed by atoms with van der Waals surface area (Å²) in [5, 5.41) is 0.684. The molecule has 0 bridgehead atoms. The Morgan fingerprint density at radius 2 is 2.05 bits per heavy atom. The lowest BCUT2D eigenvalue weighted by atomic mass is 10.1. The third-order valence-corrected chi connectivity index (χ3v) is 3.75. The van der Waals surface area contributed by atoms with E-state index in [1.807, 2.05) is 36.4 Å². The highest BCUT2D eigenvalue weighted by atomic mass is 35.5. The number of rotatable bonds is 3. The molecule has 0 atom stereocenters. The number of fused-ring (bicyclic) bond motifs is 1. The van der Waals surface area contributed by atoms with Gasteiger partial charge in [-0.15, -0.1) is 0 Å². The fraction of sp³-hybridized carbons (Fsp3) is 0.188. The summed E-state index contributed by atoms with van der Waals surface area (Å²) in [7, 11) is 1.61. The van der Waals surface area contributed by atoms with Gasteiger partial charge < -0.3 is 15.0 Å². The maximum Gasteiger partial charge on any atom is 0.141 e. The third kappa shape index (κ3) is 2.32. The molecule has 0 fully saturated rings. The molecule has 3 aromatic rings. The van der Waals surface area contributed by atoms with Gasteiger partial charge in [-0.1, -0.05) is 11.6 Å². The molecule has 0 spiro atoms. The summed E-state index contributed by atoms with van der Waals surface area (Å²) in [4.78, 5) is 4.69. The summed E-state index contributed by atoms with van der Waals surface area (Å²) in [6.07, 6.45) is 0. The van der Waals surface area contributed by atoms with Gasteiger partial charge >= 0.3 is 0 Å². The molecule has 21 heavy (non-hydrogen) atoms. The van der Waals surface area contributed by atoms with Crippen LogP contribution < -0.4 is 10.5 Å². The van der Waals surface area contributed by atoms with E-state index in [0.717, 1.165) is 29.0 Å². The third-order valence-electron chi connectivity index (χ3n) is 3.51. The largest absolute Gasteiger partial charge is 0.495 e. The Balaban J connectivity index is 2.21. The molecular weight excluding hydrogens is 286 g/mol. The van der Waals surface area contributed by atoms with Crippen LogP contribution in [0.1, 0.15) is 6.92 Å². The van der Waals surface area contributed by atoms with E-state index < -0.39 is 0 Å². The number of aromatic nitrogens is 2. The van der Waals surface area contributed by atoms with Gasteiger partial charge in [-0.2, -0.15) is 0 Å². The molecule has 5 heteroatoms. The predicted molar refractivity (Wildman–Crippen MR) is 86.8 cm³/mol. The van der Waals surface area contributed by atoms with Crippen LogP contribution >= 0.6 is 11.6 Å². The molecular formula is C16H16ClN3O. The second-order valence-corrected chi connectivity index (χ2v) is 5.21. The minimum Gasteiger partial charge on any atom is -0.495 e. The molecule has 0 amide bonds. The number of ether oxygens (including phenoxy) is 1. The number of halogens is 1. The molecule has 0 unspecified atom stereocenters. The van der Waals surface area contributed by atoms with E-state index in [2.05, 4.69) is 11.5 Å². The van der Waals surface area contributed by atoms with E-state index in [1.165, 1.54) is 0 Å². The predicted octanol–water partition coefficient (Wildman–Crippen LogP) is 3.97. The van der Waals surface area contributed by atoms with Crippen LogP contribution in [-0.2, 0) is 6.54 Å². The number of nitrogen functional groups attached to an aromatic ring is 1. The van der Waals surface area contributed by atoms with Gasteiger partial charge in [0.05, 0.1) is 23.8 Å². The maximum absolute atomic E-state index is 6.05. The van der Waals surface area contributed by atoms with E-state index in [4.69, 9.17) is 27.1 Å². The highest BCUT2D eigenvalue weighted by molar-refractivity contribution is 6.31. The molecule has 1 aromatic heterocycles. The summed E-state index contributed by atoms with van der Waals surface area (Å²) in [6, 6.07) is 11.4.